The molecule has 0 fully saturated rings. The van der Waals surface area contributed by atoms with Crippen molar-refractivity contribution in [2.75, 3.05) is 0 Å². The second-order valence-corrected chi connectivity index (χ2v) is 4.53. The molecule has 0 saturated heterocycles. The predicted octanol–water partition coefficient (Wildman–Crippen LogP) is -0.318. The first kappa shape index (κ1) is 10.4. The molecule has 0 bridgehead atoms. The summed E-state index contributed by atoms with van der Waals surface area (Å²) in [4.78, 5) is 21.4. The van der Waals surface area contributed by atoms with Crippen LogP contribution in [0.4, 0.5) is 0 Å². The third-order valence-corrected chi connectivity index (χ3v) is 3.26. The molecule has 7 heteroatoms. The van der Waals surface area contributed by atoms with E-state index in [0.717, 1.165) is 0 Å². The van der Waals surface area contributed by atoms with E-state index in [1.807, 2.05) is 0 Å². The third kappa shape index (κ3) is 1.97. The smallest absolute Gasteiger partial charge is 0.366 e. The number of carbonyl (C=O) groups excluding carboxylic acids is 1. The number of pyridine rings is 1. The molecule has 2 rings (SSSR count). The van der Waals surface area contributed by atoms with Gasteiger partial charge in [0.1, 0.15) is 0 Å². The number of hydrogen-bond donors (Lipinski definition) is 2. The zero-order chi connectivity index (χ0) is 11.5. The van der Waals surface area contributed by atoms with E-state index in [-0.39, 0.29) is 5.56 Å². The van der Waals surface area contributed by atoms with Gasteiger partial charge in [0.05, 0.1) is 11.8 Å². The lowest BCUT2D eigenvalue weighted by molar-refractivity contribution is 0.1000. The molecule has 0 aliphatic carbocycles. The highest BCUT2D eigenvalue weighted by Crippen LogP contribution is 2.16. The van der Waals surface area contributed by atoms with Crippen molar-refractivity contribution in [2.45, 2.75) is 0 Å². The summed E-state index contributed by atoms with van der Waals surface area (Å²) < 4.78 is 11.9. The fourth-order valence-corrected chi connectivity index (χ4v) is 2.20. The summed E-state index contributed by atoms with van der Waals surface area (Å²) in [6.07, 6.45) is 5.84. The highest BCUT2D eigenvalue weighted by atomic mass is 31.1. The molecule has 2 aromatic heterocycles. The van der Waals surface area contributed by atoms with Gasteiger partial charge in [-0.3, -0.25) is 9.78 Å². The molecule has 0 aliphatic rings. The maximum atomic E-state index is 11.9. The molecule has 0 radical (unpaired) electrons. The highest BCUT2D eigenvalue weighted by Gasteiger charge is 2.27. The molecule has 6 nitrogen and oxygen atoms in total. The van der Waals surface area contributed by atoms with Gasteiger partial charge in [-0.25, -0.2) is 0 Å². The summed E-state index contributed by atoms with van der Waals surface area (Å²) in [5.74, 6) is -0.600. The van der Waals surface area contributed by atoms with E-state index in [9.17, 15) is 9.36 Å². The zero-order valence-electron chi connectivity index (χ0n) is 8.12. The van der Waals surface area contributed by atoms with E-state index < -0.39 is 13.7 Å². The van der Waals surface area contributed by atoms with E-state index in [0.29, 0.717) is 10.9 Å². The van der Waals surface area contributed by atoms with E-state index in [1.54, 1.807) is 6.20 Å². The Morgan fingerprint density at radius 2 is 2.25 bits per heavy atom. The van der Waals surface area contributed by atoms with Crippen LogP contribution in [0.15, 0.2) is 30.9 Å². The van der Waals surface area contributed by atoms with Crippen molar-refractivity contribution in [1.82, 2.24) is 15.0 Å². The van der Waals surface area contributed by atoms with E-state index >= 15 is 0 Å². The third-order valence-electron chi connectivity index (χ3n) is 1.92. The van der Waals surface area contributed by atoms with Gasteiger partial charge in [-0.05, 0) is 0 Å². The standard InChI is InChI=1S/C9H7N4O2P/c10-8(14)6-3-7(5-11-4-6)16(15)9-12-1-2-13-9/h1-5H,(H2-,10,12,13,14,15)/p+1. The summed E-state index contributed by atoms with van der Waals surface area (Å²) in [6.45, 7) is 0. The van der Waals surface area contributed by atoms with Gasteiger partial charge < -0.3 is 10.7 Å². The minimum absolute atomic E-state index is 0.229. The normalized spacial score (nSPS) is 11.1. The van der Waals surface area contributed by atoms with Gasteiger partial charge in [0.15, 0.2) is 0 Å². The molecule has 2 aromatic rings. The van der Waals surface area contributed by atoms with Gasteiger partial charge in [-0.2, -0.15) is 4.98 Å². The van der Waals surface area contributed by atoms with E-state index in [2.05, 4.69) is 15.0 Å². The molecule has 80 valence electrons. The van der Waals surface area contributed by atoms with Gasteiger partial charge in [0.2, 0.25) is 11.2 Å². The summed E-state index contributed by atoms with van der Waals surface area (Å²) in [7, 11) is -1.86. The van der Waals surface area contributed by atoms with Crippen LogP contribution in [0, 0.1) is 0 Å². The van der Waals surface area contributed by atoms with Crippen LogP contribution in [0.5, 0.6) is 0 Å². The minimum atomic E-state index is -1.86. The van der Waals surface area contributed by atoms with Crippen LogP contribution in [0.1, 0.15) is 10.4 Å². The lowest BCUT2D eigenvalue weighted by Crippen LogP contribution is -2.16. The Morgan fingerprint density at radius 1 is 1.44 bits per heavy atom. The number of imidazole rings is 1. The van der Waals surface area contributed by atoms with Crippen molar-refractivity contribution in [3.63, 3.8) is 0 Å². The lowest BCUT2D eigenvalue weighted by Gasteiger charge is -1.92. The molecule has 16 heavy (non-hydrogen) atoms. The second-order valence-electron chi connectivity index (χ2n) is 3.00. The van der Waals surface area contributed by atoms with Gasteiger partial charge in [0.25, 0.3) is 0 Å². The Labute approximate surface area is 91.7 Å². The summed E-state index contributed by atoms with van der Waals surface area (Å²) in [6, 6.07) is 1.45. The number of aromatic amines is 1. The first-order valence-corrected chi connectivity index (χ1v) is 5.66. The van der Waals surface area contributed by atoms with Crippen molar-refractivity contribution >= 4 is 24.6 Å². The number of hydrogen-bond acceptors (Lipinski definition) is 4. The number of aromatic nitrogens is 3. The Kier molecular flexibility index (Phi) is 2.74. The Hall–Kier alpha value is -2.07. The van der Waals surface area contributed by atoms with Gasteiger partial charge in [-0.15, -0.1) is 0 Å². The number of nitrogens with two attached hydrogens (primary N) is 1. The SMILES string of the molecule is NC(=O)c1cncc([P+](=O)c2ncc[nH]2)c1. The van der Waals surface area contributed by atoms with E-state index in [4.69, 9.17) is 5.73 Å². The Balaban J connectivity index is 2.38. The van der Waals surface area contributed by atoms with Crippen molar-refractivity contribution in [3.8, 4) is 0 Å². The average molecular weight is 235 g/mol. The Morgan fingerprint density at radius 3 is 2.88 bits per heavy atom. The summed E-state index contributed by atoms with van der Waals surface area (Å²) in [5, 5.41) is 0.418. The molecule has 1 atom stereocenters. The average Bonchev–Trinajstić information content (AvgIpc) is 2.81. The zero-order valence-corrected chi connectivity index (χ0v) is 9.02. The minimum Gasteiger partial charge on any atom is -0.366 e. The molecule has 0 saturated carbocycles. The number of amides is 1. The van der Waals surface area contributed by atoms with Crippen LogP contribution in [0.3, 0.4) is 0 Å². The number of nitrogens with one attached hydrogen (secondary N) is 1. The van der Waals surface area contributed by atoms with Crippen LogP contribution in [-0.4, -0.2) is 20.9 Å². The molecule has 3 N–H and O–H groups in total. The van der Waals surface area contributed by atoms with Gasteiger partial charge in [0, 0.05) is 24.7 Å². The first-order chi connectivity index (χ1) is 7.68. The number of H-pyrrole nitrogens is 1. The maximum Gasteiger partial charge on any atom is 0.456 e. The number of carbonyl (C=O) groups is 1. The predicted molar refractivity (Wildman–Crippen MR) is 58.2 cm³/mol. The monoisotopic (exact) mass is 235 g/mol. The van der Waals surface area contributed by atoms with Crippen molar-refractivity contribution in [2.24, 2.45) is 5.73 Å². The van der Waals surface area contributed by atoms with Crippen LogP contribution in [-0.2, 0) is 4.57 Å². The molecule has 1 amide bonds. The molecular weight excluding hydrogens is 227 g/mol. The van der Waals surface area contributed by atoms with E-state index in [1.165, 1.54) is 24.7 Å². The van der Waals surface area contributed by atoms with Gasteiger partial charge in [-0.1, -0.05) is 4.57 Å². The van der Waals surface area contributed by atoms with Crippen molar-refractivity contribution in [3.05, 3.63) is 36.4 Å². The molecule has 1 unspecified atom stereocenters. The van der Waals surface area contributed by atoms with Crippen LogP contribution in [0.2, 0.25) is 0 Å². The number of nitrogens with zero attached hydrogens (tertiary/aromatic N) is 2. The molecule has 0 spiro atoms. The van der Waals surface area contributed by atoms with Gasteiger partial charge >= 0.3 is 13.4 Å². The largest absolute Gasteiger partial charge is 0.456 e. The number of rotatable bonds is 3. The summed E-state index contributed by atoms with van der Waals surface area (Å²) >= 11 is 0. The first-order valence-electron chi connectivity index (χ1n) is 4.40. The lowest BCUT2D eigenvalue weighted by atomic mass is 10.3. The molecule has 2 heterocycles. The summed E-state index contributed by atoms with van der Waals surface area (Å²) in [5.41, 5.74) is 5.68. The highest BCUT2D eigenvalue weighted by molar-refractivity contribution is 7.60. The molecule has 0 aromatic carbocycles. The van der Waals surface area contributed by atoms with Crippen LogP contribution >= 0.6 is 7.80 Å². The van der Waals surface area contributed by atoms with Crippen molar-refractivity contribution < 1.29 is 9.36 Å². The quantitative estimate of drug-likeness (QED) is 0.712. The van der Waals surface area contributed by atoms with Crippen LogP contribution in [0.25, 0.3) is 0 Å². The number of primary amides is 1. The Bertz CT molecular complexity index is 538. The van der Waals surface area contributed by atoms with Crippen LogP contribution < -0.4 is 16.6 Å². The molecular formula is C9H8N4O2P+. The topological polar surface area (TPSA) is 102 Å². The fourth-order valence-electron chi connectivity index (χ4n) is 1.16. The second kappa shape index (κ2) is 4.20. The fraction of sp³-hybridized carbons (Fsp3) is 0. The molecule has 0 aliphatic heterocycles. The van der Waals surface area contributed by atoms with Crippen molar-refractivity contribution in [1.29, 1.82) is 0 Å². The maximum absolute atomic E-state index is 11.9.